The molecule has 1 saturated heterocycles. The fourth-order valence-corrected chi connectivity index (χ4v) is 3.33. The van der Waals surface area contributed by atoms with Gasteiger partial charge in [0.25, 0.3) is 5.91 Å². The topological polar surface area (TPSA) is 83.4 Å². The second kappa shape index (κ2) is 7.01. The van der Waals surface area contributed by atoms with Gasteiger partial charge in [-0.1, -0.05) is 18.2 Å². The van der Waals surface area contributed by atoms with E-state index in [-0.39, 0.29) is 23.3 Å². The molecule has 1 aromatic carbocycles. The zero-order valence-corrected chi connectivity index (χ0v) is 14.4. The summed E-state index contributed by atoms with van der Waals surface area (Å²) in [5.74, 6) is -1.35. The number of hydrogen-bond donors (Lipinski definition) is 1. The number of carboxylic acid groups (broad SMARTS) is 1. The minimum Gasteiger partial charge on any atom is -0.476 e. The zero-order chi connectivity index (χ0) is 18.0. The van der Waals surface area contributed by atoms with Gasteiger partial charge in [0.05, 0.1) is 18.4 Å². The first-order valence-electron chi connectivity index (χ1n) is 8.41. The van der Waals surface area contributed by atoms with Crippen LogP contribution >= 0.6 is 0 Å². The van der Waals surface area contributed by atoms with Crippen LogP contribution in [0.3, 0.4) is 0 Å². The van der Waals surface area contributed by atoms with Gasteiger partial charge in [-0.05, 0) is 49.8 Å². The van der Waals surface area contributed by atoms with Crippen LogP contribution in [0.2, 0.25) is 0 Å². The molecular weight excluding hydrogens is 318 g/mol. The maximum absolute atomic E-state index is 12.9. The number of piperidine rings is 1. The molecule has 6 heteroatoms. The number of likely N-dealkylation sites (tertiary alicyclic amines) is 1. The summed E-state index contributed by atoms with van der Waals surface area (Å²) in [5, 5.41) is 8.91. The van der Waals surface area contributed by atoms with Gasteiger partial charge in [-0.15, -0.1) is 0 Å². The molecular formula is C19H21N3O3. The zero-order valence-electron chi connectivity index (χ0n) is 14.4. The van der Waals surface area contributed by atoms with E-state index in [0.717, 1.165) is 25.5 Å². The van der Waals surface area contributed by atoms with Crippen molar-refractivity contribution in [3.8, 4) is 0 Å². The van der Waals surface area contributed by atoms with E-state index in [1.807, 2.05) is 11.0 Å². The Kier molecular flexibility index (Phi) is 4.79. The summed E-state index contributed by atoms with van der Waals surface area (Å²) in [6, 6.07) is 6.19. The van der Waals surface area contributed by atoms with Crippen LogP contribution in [0.25, 0.3) is 0 Å². The van der Waals surface area contributed by atoms with Crippen LogP contribution in [-0.4, -0.2) is 38.4 Å². The maximum Gasteiger partial charge on any atom is 0.356 e. The van der Waals surface area contributed by atoms with E-state index in [9.17, 15) is 9.59 Å². The second-order valence-corrected chi connectivity index (χ2v) is 6.39. The molecule has 1 fully saturated rings. The largest absolute Gasteiger partial charge is 0.476 e. The Morgan fingerprint density at radius 2 is 1.84 bits per heavy atom. The summed E-state index contributed by atoms with van der Waals surface area (Å²) in [5.41, 5.74) is 3.60. The Labute approximate surface area is 146 Å². The van der Waals surface area contributed by atoms with Gasteiger partial charge >= 0.3 is 5.97 Å². The van der Waals surface area contributed by atoms with Crippen molar-refractivity contribution in [1.29, 1.82) is 0 Å². The van der Waals surface area contributed by atoms with Crippen LogP contribution in [0.15, 0.2) is 30.6 Å². The average molecular weight is 339 g/mol. The van der Waals surface area contributed by atoms with Crippen molar-refractivity contribution >= 4 is 11.9 Å². The Morgan fingerprint density at radius 1 is 1.12 bits per heavy atom. The first-order chi connectivity index (χ1) is 12.0. The molecule has 1 aromatic heterocycles. The Balaban J connectivity index is 1.91. The van der Waals surface area contributed by atoms with Crippen LogP contribution in [0.5, 0.6) is 0 Å². The molecule has 1 atom stereocenters. The third-order valence-corrected chi connectivity index (χ3v) is 4.86. The standard InChI is InChI=1S/C19H21N3O3/c1-12-6-5-7-14(13(12)2)17-8-3-4-9-22(17)18(23)15-10-21-16(11-20-15)19(24)25/h5-7,10-11,17H,3-4,8-9H2,1-2H3,(H,24,25). The van der Waals surface area contributed by atoms with E-state index in [1.54, 1.807) is 0 Å². The van der Waals surface area contributed by atoms with Gasteiger partial charge in [0, 0.05) is 6.54 Å². The fraction of sp³-hybridized carbons (Fsp3) is 0.368. The molecule has 1 aliphatic rings. The summed E-state index contributed by atoms with van der Waals surface area (Å²) < 4.78 is 0. The molecule has 3 rings (SSSR count). The van der Waals surface area contributed by atoms with E-state index in [2.05, 4.69) is 35.9 Å². The number of hydrogen-bond acceptors (Lipinski definition) is 4. The van der Waals surface area contributed by atoms with Gasteiger partial charge in [-0.25, -0.2) is 14.8 Å². The predicted molar refractivity (Wildman–Crippen MR) is 92.5 cm³/mol. The molecule has 130 valence electrons. The van der Waals surface area contributed by atoms with Crippen molar-refractivity contribution in [3.05, 3.63) is 58.7 Å². The van der Waals surface area contributed by atoms with Crippen LogP contribution in [0.4, 0.5) is 0 Å². The van der Waals surface area contributed by atoms with E-state index in [4.69, 9.17) is 5.11 Å². The molecule has 0 aliphatic carbocycles. The lowest BCUT2D eigenvalue weighted by Gasteiger charge is -2.36. The van der Waals surface area contributed by atoms with Gasteiger partial charge in [0.15, 0.2) is 5.69 Å². The van der Waals surface area contributed by atoms with Crippen molar-refractivity contribution in [2.24, 2.45) is 0 Å². The highest BCUT2D eigenvalue weighted by Gasteiger charge is 2.30. The maximum atomic E-state index is 12.9. The predicted octanol–water partition coefficient (Wildman–Crippen LogP) is 3.16. The van der Waals surface area contributed by atoms with Crippen molar-refractivity contribution in [1.82, 2.24) is 14.9 Å². The van der Waals surface area contributed by atoms with E-state index < -0.39 is 5.97 Å². The molecule has 1 aliphatic heterocycles. The molecule has 25 heavy (non-hydrogen) atoms. The summed E-state index contributed by atoms with van der Waals surface area (Å²) in [4.78, 5) is 33.5. The highest BCUT2D eigenvalue weighted by molar-refractivity contribution is 5.93. The number of amides is 1. The monoisotopic (exact) mass is 339 g/mol. The van der Waals surface area contributed by atoms with E-state index in [1.165, 1.54) is 22.9 Å². The third-order valence-electron chi connectivity index (χ3n) is 4.86. The molecule has 0 saturated carbocycles. The highest BCUT2D eigenvalue weighted by atomic mass is 16.4. The number of nitrogens with zero attached hydrogens (tertiary/aromatic N) is 3. The second-order valence-electron chi connectivity index (χ2n) is 6.39. The molecule has 0 radical (unpaired) electrons. The number of benzene rings is 1. The SMILES string of the molecule is Cc1cccc(C2CCCCN2C(=O)c2cnc(C(=O)O)cn2)c1C. The molecule has 1 amide bonds. The van der Waals surface area contributed by atoms with Crippen molar-refractivity contribution < 1.29 is 14.7 Å². The lowest BCUT2D eigenvalue weighted by Crippen LogP contribution is -2.39. The normalized spacial score (nSPS) is 17.4. The minimum atomic E-state index is -1.15. The first kappa shape index (κ1) is 17.1. The lowest BCUT2D eigenvalue weighted by molar-refractivity contribution is 0.0601. The smallest absolute Gasteiger partial charge is 0.356 e. The number of carboxylic acids is 1. The average Bonchev–Trinajstić information content (AvgIpc) is 2.63. The Bertz CT molecular complexity index is 802. The molecule has 6 nitrogen and oxygen atoms in total. The van der Waals surface area contributed by atoms with Crippen LogP contribution < -0.4 is 0 Å². The number of rotatable bonds is 3. The van der Waals surface area contributed by atoms with Gasteiger partial charge in [-0.2, -0.15) is 0 Å². The van der Waals surface area contributed by atoms with Crippen molar-refractivity contribution in [3.63, 3.8) is 0 Å². The number of aromatic carboxylic acids is 1. The number of carbonyl (C=O) groups excluding carboxylic acids is 1. The summed E-state index contributed by atoms with van der Waals surface area (Å²) in [7, 11) is 0. The Hall–Kier alpha value is -2.76. The fourth-order valence-electron chi connectivity index (χ4n) is 3.33. The number of aryl methyl sites for hydroxylation is 1. The molecule has 2 aromatic rings. The minimum absolute atomic E-state index is 0.0158. The molecule has 0 spiro atoms. The van der Waals surface area contributed by atoms with E-state index in [0.29, 0.717) is 6.54 Å². The quantitative estimate of drug-likeness (QED) is 0.928. The van der Waals surface area contributed by atoms with E-state index >= 15 is 0 Å². The van der Waals surface area contributed by atoms with Gasteiger partial charge in [0.1, 0.15) is 5.69 Å². The summed E-state index contributed by atoms with van der Waals surface area (Å²) in [6.45, 7) is 4.83. The number of aromatic nitrogens is 2. The highest BCUT2D eigenvalue weighted by Crippen LogP contribution is 2.34. The van der Waals surface area contributed by atoms with Crippen LogP contribution in [-0.2, 0) is 0 Å². The van der Waals surface area contributed by atoms with Gasteiger partial charge in [-0.3, -0.25) is 4.79 Å². The van der Waals surface area contributed by atoms with Gasteiger partial charge < -0.3 is 10.0 Å². The van der Waals surface area contributed by atoms with Crippen molar-refractivity contribution in [2.75, 3.05) is 6.54 Å². The lowest BCUT2D eigenvalue weighted by atomic mass is 9.90. The van der Waals surface area contributed by atoms with Crippen LogP contribution in [0.1, 0.15) is 63.0 Å². The Morgan fingerprint density at radius 3 is 2.52 bits per heavy atom. The summed E-state index contributed by atoms with van der Waals surface area (Å²) in [6.07, 6.45) is 5.32. The van der Waals surface area contributed by atoms with Crippen molar-refractivity contribution in [2.45, 2.75) is 39.2 Å². The molecule has 0 bridgehead atoms. The number of carbonyl (C=O) groups is 2. The van der Waals surface area contributed by atoms with Gasteiger partial charge in [0.2, 0.25) is 0 Å². The molecule has 2 heterocycles. The third kappa shape index (κ3) is 3.38. The molecule has 1 unspecified atom stereocenters. The van der Waals surface area contributed by atoms with Crippen LogP contribution in [0, 0.1) is 13.8 Å². The first-order valence-corrected chi connectivity index (χ1v) is 8.41. The summed E-state index contributed by atoms with van der Waals surface area (Å²) >= 11 is 0. The molecule has 1 N–H and O–H groups in total.